The molecule has 2 N–H and O–H groups in total. The molecular formula is C15H20ClN5O. The number of pyridine rings is 1. The van der Waals surface area contributed by atoms with Gasteiger partial charge in [0.15, 0.2) is 0 Å². The molecule has 22 heavy (non-hydrogen) atoms. The lowest BCUT2D eigenvalue weighted by atomic mass is 10.2. The van der Waals surface area contributed by atoms with E-state index in [1.165, 1.54) is 6.20 Å². The van der Waals surface area contributed by atoms with Crippen LogP contribution in [0, 0.1) is 6.92 Å². The third kappa shape index (κ3) is 4.82. The van der Waals surface area contributed by atoms with Crippen LogP contribution < -0.4 is 10.6 Å². The molecule has 0 aliphatic heterocycles. The Balaban J connectivity index is 1.83. The average Bonchev–Trinajstić information content (AvgIpc) is 2.86. The van der Waals surface area contributed by atoms with Crippen LogP contribution >= 0.6 is 11.6 Å². The number of aryl methyl sites for hydroxylation is 1. The van der Waals surface area contributed by atoms with Gasteiger partial charge in [0.2, 0.25) is 5.91 Å². The van der Waals surface area contributed by atoms with Gasteiger partial charge in [0.25, 0.3) is 0 Å². The Morgan fingerprint density at radius 1 is 1.36 bits per heavy atom. The summed E-state index contributed by atoms with van der Waals surface area (Å²) in [5.41, 5.74) is 1.12. The van der Waals surface area contributed by atoms with Gasteiger partial charge in [0.1, 0.15) is 5.82 Å². The van der Waals surface area contributed by atoms with E-state index in [1.54, 1.807) is 12.1 Å². The average molecular weight is 322 g/mol. The van der Waals surface area contributed by atoms with E-state index >= 15 is 0 Å². The molecule has 0 spiro atoms. The van der Waals surface area contributed by atoms with Crippen molar-refractivity contribution in [3.8, 4) is 0 Å². The van der Waals surface area contributed by atoms with E-state index < -0.39 is 0 Å². The molecule has 0 saturated heterocycles. The topological polar surface area (TPSA) is 71.8 Å². The predicted molar refractivity (Wildman–Crippen MR) is 86.9 cm³/mol. The summed E-state index contributed by atoms with van der Waals surface area (Å²) < 4.78 is 1.86. The van der Waals surface area contributed by atoms with E-state index in [0.717, 1.165) is 5.56 Å². The Labute approximate surface area is 134 Å². The van der Waals surface area contributed by atoms with E-state index in [4.69, 9.17) is 11.6 Å². The smallest absolute Gasteiger partial charge is 0.242 e. The summed E-state index contributed by atoms with van der Waals surface area (Å²) >= 11 is 5.76. The quantitative estimate of drug-likeness (QED) is 0.856. The summed E-state index contributed by atoms with van der Waals surface area (Å²) in [4.78, 5) is 16.2. The van der Waals surface area contributed by atoms with Gasteiger partial charge in [-0.2, -0.15) is 5.10 Å². The highest BCUT2D eigenvalue weighted by Crippen LogP contribution is 2.09. The van der Waals surface area contributed by atoms with Gasteiger partial charge in [-0.25, -0.2) is 4.98 Å². The van der Waals surface area contributed by atoms with Crippen molar-refractivity contribution in [3.05, 3.63) is 41.3 Å². The first-order chi connectivity index (χ1) is 10.4. The Hall–Kier alpha value is -1.92. The molecule has 0 radical (unpaired) electrons. The van der Waals surface area contributed by atoms with Crippen molar-refractivity contribution in [2.45, 2.75) is 39.4 Å². The van der Waals surface area contributed by atoms with Crippen molar-refractivity contribution >= 4 is 23.3 Å². The Morgan fingerprint density at radius 3 is 2.73 bits per heavy atom. The first-order valence-electron chi connectivity index (χ1n) is 7.11. The van der Waals surface area contributed by atoms with Gasteiger partial charge in [-0.3, -0.25) is 9.48 Å². The lowest BCUT2D eigenvalue weighted by Gasteiger charge is -2.19. The molecule has 0 aromatic carbocycles. The predicted octanol–water partition coefficient (Wildman–Crippen LogP) is 2.25. The van der Waals surface area contributed by atoms with E-state index in [0.29, 0.717) is 17.4 Å². The van der Waals surface area contributed by atoms with E-state index in [2.05, 4.69) is 20.7 Å². The fraction of sp³-hybridized carbons (Fsp3) is 0.400. The largest absolute Gasteiger partial charge is 0.309 e. The van der Waals surface area contributed by atoms with Gasteiger partial charge in [0, 0.05) is 18.4 Å². The number of hydrogen-bond donors (Lipinski definition) is 2. The molecule has 0 bridgehead atoms. The highest BCUT2D eigenvalue weighted by molar-refractivity contribution is 6.30. The van der Waals surface area contributed by atoms with Crippen LogP contribution in [0.2, 0.25) is 5.02 Å². The fourth-order valence-corrected chi connectivity index (χ4v) is 2.20. The minimum Gasteiger partial charge on any atom is -0.309 e. The lowest BCUT2D eigenvalue weighted by molar-refractivity contribution is -0.118. The highest BCUT2D eigenvalue weighted by atomic mass is 35.5. The molecule has 2 atom stereocenters. The second-order valence-corrected chi connectivity index (χ2v) is 5.82. The summed E-state index contributed by atoms with van der Waals surface area (Å²) in [5, 5.41) is 10.8. The summed E-state index contributed by atoms with van der Waals surface area (Å²) in [6.45, 7) is 6.53. The Morgan fingerprint density at radius 2 is 2.14 bits per heavy atom. The first-order valence-corrected chi connectivity index (χ1v) is 7.49. The molecule has 7 heteroatoms. The summed E-state index contributed by atoms with van der Waals surface area (Å²) in [7, 11) is 0. The number of halogens is 1. The van der Waals surface area contributed by atoms with Crippen LogP contribution in [0.1, 0.15) is 19.4 Å². The molecule has 0 unspecified atom stereocenters. The van der Waals surface area contributed by atoms with Crippen molar-refractivity contribution in [2.24, 2.45) is 0 Å². The second kappa shape index (κ2) is 7.38. The maximum Gasteiger partial charge on any atom is 0.242 e. The standard InChI is InChI=1S/C15H20ClN5O/c1-10-6-18-21(8-10)9-11(2)19-12(3)15(22)20-14-5-4-13(16)7-17-14/h4-8,11-12,19H,9H2,1-3H3,(H,17,20,22)/t11-,12-/m1/s1. The van der Waals surface area contributed by atoms with Gasteiger partial charge in [-0.15, -0.1) is 0 Å². The van der Waals surface area contributed by atoms with Gasteiger partial charge >= 0.3 is 0 Å². The van der Waals surface area contributed by atoms with Crippen molar-refractivity contribution in [1.82, 2.24) is 20.1 Å². The third-order valence-electron chi connectivity index (χ3n) is 3.13. The Kier molecular flexibility index (Phi) is 5.51. The number of nitrogens with one attached hydrogen (secondary N) is 2. The number of rotatable bonds is 6. The van der Waals surface area contributed by atoms with Crippen LogP contribution in [0.3, 0.4) is 0 Å². The highest BCUT2D eigenvalue weighted by Gasteiger charge is 2.16. The zero-order chi connectivity index (χ0) is 16.1. The van der Waals surface area contributed by atoms with Crippen molar-refractivity contribution < 1.29 is 4.79 Å². The van der Waals surface area contributed by atoms with Gasteiger partial charge in [0.05, 0.1) is 23.8 Å². The van der Waals surface area contributed by atoms with Gasteiger partial charge in [-0.05, 0) is 38.5 Å². The molecule has 2 aromatic heterocycles. The molecule has 2 rings (SSSR count). The van der Waals surface area contributed by atoms with Crippen LogP contribution in [0.4, 0.5) is 5.82 Å². The summed E-state index contributed by atoms with van der Waals surface area (Å²) in [6, 6.07) is 3.12. The molecule has 0 saturated carbocycles. The van der Waals surface area contributed by atoms with E-state index in [1.807, 2.05) is 37.8 Å². The molecule has 2 heterocycles. The molecule has 6 nitrogen and oxygen atoms in total. The first kappa shape index (κ1) is 16.5. The number of hydrogen-bond acceptors (Lipinski definition) is 4. The molecule has 1 amide bonds. The van der Waals surface area contributed by atoms with Crippen molar-refractivity contribution in [1.29, 1.82) is 0 Å². The summed E-state index contributed by atoms with van der Waals surface area (Å²) in [6.07, 6.45) is 5.29. The second-order valence-electron chi connectivity index (χ2n) is 5.38. The molecule has 2 aromatic rings. The van der Waals surface area contributed by atoms with Crippen molar-refractivity contribution in [3.63, 3.8) is 0 Å². The molecule has 118 valence electrons. The number of carbonyl (C=O) groups excluding carboxylic acids is 1. The number of amides is 1. The monoisotopic (exact) mass is 321 g/mol. The maximum absolute atomic E-state index is 12.1. The Bertz CT molecular complexity index is 625. The minimum atomic E-state index is -0.343. The molecule has 0 fully saturated rings. The lowest BCUT2D eigenvalue weighted by Crippen LogP contribution is -2.44. The fourth-order valence-electron chi connectivity index (χ4n) is 2.09. The van der Waals surface area contributed by atoms with Crippen LogP contribution in [0.15, 0.2) is 30.7 Å². The molecular weight excluding hydrogens is 302 g/mol. The number of nitrogens with zero attached hydrogens (tertiary/aromatic N) is 3. The summed E-state index contributed by atoms with van der Waals surface area (Å²) in [5.74, 6) is 0.344. The number of carbonyl (C=O) groups is 1. The molecule has 0 aliphatic rings. The third-order valence-corrected chi connectivity index (χ3v) is 3.35. The van der Waals surface area contributed by atoms with Crippen LogP contribution in [0.25, 0.3) is 0 Å². The van der Waals surface area contributed by atoms with Crippen molar-refractivity contribution in [2.75, 3.05) is 5.32 Å². The van der Waals surface area contributed by atoms with Gasteiger partial charge in [-0.1, -0.05) is 11.6 Å². The minimum absolute atomic E-state index is 0.109. The van der Waals surface area contributed by atoms with Gasteiger partial charge < -0.3 is 10.6 Å². The zero-order valence-corrected chi connectivity index (χ0v) is 13.6. The zero-order valence-electron chi connectivity index (χ0n) is 12.9. The van der Waals surface area contributed by atoms with Crippen LogP contribution in [0.5, 0.6) is 0 Å². The van der Waals surface area contributed by atoms with Crippen LogP contribution in [-0.2, 0) is 11.3 Å². The normalized spacial score (nSPS) is 13.6. The maximum atomic E-state index is 12.1. The van der Waals surface area contributed by atoms with E-state index in [-0.39, 0.29) is 18.0 Å². The van der Waals surface area contributed by atoms with E-state index in [9.17, 15) is 4.79 Å². The SMILES string of the molecule is Cc1cnn(C[C@@H](C)N[C@H](C)C(=O)Nc2ccc(Cl)cn2)c1. The van der Waals surface area contributed by atoms with Crippen LogP contribution in [-0.4, -0.2) is 32.8 Å². The number of aromatic nitrogens is 3. The molecule has 0 aliphatic carbocycles. The number of anilines is 1.